The maximum atomic E-state index is 12.3. The molecule has 0 unspecified atom stereocenters. The Bertz CT molecular complexity index is 323. The molecule has 2 aliphatic rings. The van der Waals surface area contributed by atoms with Gasteiger partial charge in [-0.1, -0.05) is 0 Å². The molecule has 0 aromatic rings. The summed E-state index contributed by atoms with van der Waals surface area (Å²) in [5.74, 6) is -0.624. The van der Waals surface area contributed by atoms with Crippen molar-refractivity contribution >= 4 is 36.8 Å². The van der Waals surface area contributed by atoms with Crippen molar-refractivity contribution in [3.8, 4) is 0 Å². The molecule has 2 aliphatic heterocycles. The molecule has 0 atom stereocenters. The third-order valence-corrected chi connectivity index (χ3v) is 3.96. The van der Waals surface area contributed by atoms with E-state index in [-0.39, 0.29) is 36.8 Å². The maximum absolute atomic E-state index is 12.3. The summed E-state index contributed by atoms with van der Waals surface area (Å²) in [5, 5.41) is 6.29. The fraction of sp³-hybridized carbons (Fsp3) is 0.833. The summed E-state index contributed by atoms with van der Waals surface area (Å²) in [6.45, 7) is 6.00. The number of carbonyl (C=O) groups excluding carboxylic acids is 2. The third-order valence-electron chi connectivity index (χ3n) is 3.96. The van der Waals surface area contributed by atoms with E-state index >= 15 is 0 Å². The maximum Gasteiger partial charge on any atom is 0.315 e. The van der Waals surface area contributed by atoms with E-state index in [2.05, 4.69) is 10.6 Å². The van der Waals surface area contributed by atoms with Crippen LogP contribution >= 0.6 is 24.8 Å². The Morgan fingerprint density at radius 1 is 0.850 bits per heavy atom. The lowest BCUT2D eigenvalue weighted by Gasteiger charge is -2.33. The molecule has 8 heteroatoms. The molecular formula is C12H22Cl2N2O4. The summed E-state index contributed by atoms with van der Waals surface area (Å²) >= 11 is 0. The standard InChI is InChI=1S/C12H20N2O4.2ClH/c1-3-17-9(15)11-5-13-7-12(11,8-14-6-11)10(16)18-4-2;;/h13-14H,3-8H2,1-2H3;2*1H. The molecular weight excluding hydrogens is 307 g/mol. The Morgan fingerprint density at radius 2 is 1.15 bits per heavy atom. The number of esters is 2. The van der Waals surface area contributed by atoms with Gasteiger partial charge in [-0.15, -0.1) is 24.8 Å². The number of hydrogen-bond donors (Lipinski definition) is 2. The first-order chi connectivity index (χ1) is 8.63. The summed E-state index contributed by atoms with van der Waals surface area (Å²) in [7, 11) is 0. The quantitative estimate of drug-likeness (QED) is 0.715. The van der Waals surface area contributed by atoms with Gasteiger partial charge in [0.2, 0.25) is 0 Å². The van der Waals surface area contributed by atoms with Gasteiger partial charge in [-0.2, -0.15) is 0 Å². The third kappa shape index (κ3) is 2.62. The van der Waals surface area contributed by atoms with E-state index in [9.17, 15) is 9.59 Å². The summed E-state index contributed by atoms with van der Waals surface area (Å²) < 4.78 is 10.3. The lowest BCUT2D eigenvalue weighted by molar-refractivity contribution is -0.171. The molecule has 2 fully saturated rings. The Hall–Kier alpha value is -0.560. The van der Waals surface area contributed by atoms with Gasteiger partial charge in [0.15, 0.2) is 0 Å². The highest BCUT2D eigenvalue weighted by atomic mass is 35.5. The highest BCUT2D eigenvalue weighted by Gasteiger charge is 2.68. The molecule has 0 radical (unpaired) electrons. The Kier molecular flexibility index (Phi) is 7.24. The number of hydrogen-bond acceptors (Lipinski definition) is 6. The summed E-state index contributed by atoms with van der Waals surface area (Å²) in [4.78, 5) is 24.5. The van der Waals surface area contributed by atoms with Gasteiger partial charge in [0.05, 0.1) is 13.2 Å². The van der Waals surface area contributed by atoms with Crippen molar-refractivity contribution in [3.05, 3.63) is 0 Å². The molecule has 0 aromatic carbocycles. The normalized spacial score (nSPS) is 30.7. The second kappa shape index (κ2) is 7.45. The van der Waals surface area contributed by atoms with E-state index in [0.29, 0.717) is 39.4 Å². The lowest BCUT2D eigenvalue weighted by Crippen LogP contribution is -2.52. The largest absolute Gasteiger partial charge is 0.465 e. The van der Waals surface area contributed by atoms with E-state index in [1.165, 1.54) is 0 Å². The predicted octanol–water partition coefficient (Wildman–Crippen LogP) is 0.135. The molecule has 6 nitrogen and oxygen atoms in total. The number of fused-ring (bicyclic) bond motifs is 1. The fourth-order valence-electron chi connectivity index (χ4n) is 3.00. The van der Waals surface area contributed by atoms with Crippen LogP contribution in [0.2, 0.25) is 0 Å². The monoisotopic (exact) mass is 328 g/mol. The van der Waals surface area contributed by atoms with Gasteiger partial charge in [-0.3, -0.25) is 9.59 Å². The summed E-state index contributed by atoms with van der Waals surface area (Å²) in [5.41, 5.74) is -1.65. The Morgan fingerprint density at radius 3 is 1.40 bits per heavy atom. The molecule has 0 aliphatic carbocycles. The number of nitrogens with one attached hydrogen (secondary N) is 2. The average Bonchev–Trinajstić information content (AvgIpc) is 2.85. The summed E-state index contributed by atoms with van der Waals surface area (Å²) in [6.07, 6.45) is 0. The highest BCUT2D eigenvalue weighted by molar-refractivity contribution is 5.91. The van der Waals surface area contributed by atoms with Crippen LogP contribution in [0.5, 0.6) is 0 Å². The smallest absolute Gasteiger partial charge is 0.315 e. The molecule has 118 valence electrons. The van der Waals surface area contributed by atoms with Gasteiger partial charge in [0, 0.05) is 26.2 Å². The topological polar surface area (TPSA) is 76.7 Å². The van der Waals surface area contributed by atoms with Gasteiger partial charge in [0.25, 0.3) is 0 Å². The van der Waals surface area contributed by atoms with Gasteiger partial charge < -0.3 is 20.1 Å². The number of carbonyl (C=O) groups is 2. The average molecular weight is 329 g/mol. The zero-order chi connectivity index (χ0) is 13.2. The second-order valence-corrected chi connectivity index (χ2v) is 4.81. The summed E-state index contributed by atoms with van der Waals surface area (Å²) in [6, 6.07) is 0. The van der Waals surface area contributed by atoms with Crippen LogP contribution < -0.4 is 10.6 Å². The SMILES string of the molecule is CCOC(=O)C12CNCC1(C(=O)OCC)CNC2.Cl.Cl. The first-order valence-electron chi connectivity index (χ1n) is 6.39. The fourth-order valence-corrected chi connectivity index (χ4v) is 3.00. The molecule has 2 rings (SSSR count). The minimum atomic E-state index is -0.824. The lowest BCUT2D eigenvalue weighted by atomic mass is 9.68. The molecule has 0 spiro atoms. The Balaban J connectivity index is 0.00000180. The van der Waals surface area contributed by atoms with Crippen LogP contribution in [0.4, 0.5) is 0 Å². The molecule has 0 aromatic heterocycles. The number of ether oxygens (including phenoxy) is 2. The highest BCUT2D eigenvalue weighted by Crippen LogP contribution is 2.47. The van der Waals surface area contributed by atoms with Gasteiger partial charge >= 0.3 is 11.9 Å². The van der Waals surface area contributed by atoms with Crippen molar-refractivity contribution < 1.29 is 19.1 Å². The van der Waals surface area contributed by atoms with Crippen LogP contribution in [0, 0.1) is 10.8 Å². The van der Waals surface area contributed by atoms with Crippen molar-refractivity contribution in [1.29, 1.82) is 0 Å². The van der Waals surface area contributed by atoms with E-state index < -0.39 is 10.8 Å². The van der Waals surface area contributed by atoms with Crippen molar-refractivity contribution in [2.24, 2.45) is 10.8 Å². The van der Waals surface area contributed by atoms with Crippen LogP contribution in [0.15, 0.2) is 0 Å². The van der Waals surface area contributed by atoms with Crippen molar-refractivity contribution in [2.75, 3.05) is 39.4 Å². The van der Waals surface area contributed by atoms with Crippen LogP contribution in [0.1, 0.15) is 13.8 Å². The van der Waals surface area contributed by atoms with Crippen LogP contribution in [-0.2, 0) is 19.1 Å². The van der Waals surface area contributed by atoms with E-state index in [4.69, 9.17) is 9.47 Å². The number of rotatable bonds is 4. The van der Waals surface area contributed by atoms with Gasteiger partial charge in [0.1, 0.15) is 10.8 Å². The van der Waals surface area contributed by atoms with Crippen LogP contribution in [0.25, 0.3) is 0 Å². The first-order valence-corrected chi connectivity index (χ1v) is 6.39. The predicted molar refractivity (Wildman–Crippen MR) is 78.4 cm³/mol. The van der Waals surface area contributed by atoms with E-state index in [1.807, 2.05) is 0 Å². The van der Waals surface area contributed by atoms with Crippen LogP contribution in [-0.4, -0.2) is 51.3 Å². The van der Waals surface area contributed by atoms with Crippen molar-refractivity contribution in [1.82, 2.24) is 10.6 Å². The Labute approximate surface area is 131 Å². The molecule has 2 saturated heterocycles. The first kappa shape index (κ1) is 19.4. The van der Waals surface area contributed by atoms with E-state index in [1.54, 1.807) is 13.8 Å². The zero-order valence-electron chi connectivity index (χ0n) is 11.7. The van der Waals surface area contributed by atoms with Gasteiger partial charge in [-0.05, 0) is 13.8 Å². The molecule has 0 bridgehead atoms. The number of halogens is 2. The minimum absolute atomic E-state index is 0. The van der Waals surface area contributed by atoms with Crippen molar-refractivity contribution in [3.63, 3.8) is 0 Å². The molecule has 0 saturated carbocycles. The van der Waals surface area contributed by atoms with Crippen LogP contribution in [0.3, 0.4) is 0 Å². The molecule has 2 heterocycles. The van der Waals surface area contributed by atoms with Gasteiger partial charge in [-0.25, -0.2) is 0 Å². The minimum Gasteiger partial charge on any atom is -0.465 e. The van der Waals surface area contributed by atoms with Crippen molar-refractivity contribution in [2.45, 2.75) is 13.8 Å². The molecule has 2 N–H and O–H groups in total. The molecule has 0 amide bonds. The van der Waals surface area contributed by atoms with E-state index in [0.717, 1.165) is 0 Å². The second-order valence-electron chi connectivity index (χ2n) is 4.81. The molecule has 20 heavy (non-hydrogen) atoms. The zero-order valence-corrected chi connectivity index (χ0v) is 13.3.